The molecule has 14 heavy (non-hydrogen) atoms. The van der Waals surface area contributed by atoms with Crippen LogP contribution in [0.1, 0.15) is 5.56 Å². The summed E-state index contributed by atoms with van der Waals surface area (Å²) >= 11 is 10.5. The molecule has 0 bridgehead atoms. The zero-order chi connectivity index (χ0) is 10.2. The predicted molar refractivity (Wildman–Crippen MR) is 72.4 cm³/mol. The van der Waals surface area contributed by atoms with Crippen LogP contribution in [0.4, 0.5) is 0 Å². The van der Waals surface area contributed by atoms with Crippen molar-refractivity contribution in [3.63, 3.8) is 0 Å². The molecule has 2 aromatic rings. The summed E-state index contributed by atoms with van der Waals surface area (Å²) < 4.78 is -0.322. The fraction of sp³-hybridized carbons (Fsp3) is 0.0909. The maximum absolute atomic E-state index is 3.51. The monoisotopic (exact) mass is 376 g/mol. The molecule has 0 saturated heterocycles. The molecule has 0 aliphatic carbocycles. The highest BCUT2D eigenvalue weighted by molar-refractivity contribution is 9.38. The number of fused-ring (bicyclic) bond motifs is 1. The number of rotatable bonds is 0. The van der Waals surface area contributed by atoms with E-state index in [0.29, 0.717) is 0 Å². The average Bonchev–Trinajstić information content (AvgIpc) is 2.16. The lowest BCUT2D eigenvalue weighted by molar-refractivity contribution is 1.39. The van der Waals surface area contributed by atoms with Gasteiger partial charge in [0.2, 0.25) is 0 Å². The van der Waals surface area contributed by atoms with Crippen LogP contribution in [0.15, 0.2) is 42.5 Å². The molecule has 0 N–H and O–H groups in total. The van der Waals surface area contributed by atoms with Crippen LogP contribution >= 0.6 is 47.8 Å². The Bertz CT molecular complexity index is 457. The van der Waals surface area contributed by atoms with Crippen LogP contribution in [-0.2, 0) is 2.14 Å². The summed E-state index contributed by atoms with van der Waals surface area (Å²) in [7, 11) is 0. The van der Waals surface area contributed by atoms with E-state index in [1.165, 1.54) is 10.8 Å². The number of alkyl halides is 3. The molecule has 0 spiro atoms. The summed E-state index contributed by atoms with van der Waals surface area (Å²) in [5, 5.41) is 2.50. The van der Waals surface area contributed by atoms with Gasteiger partial charge in [-0.1, -0.05) is 84.2 Å². The Balaban J connectivity index is 2.63. The topological polar surface area (TPSA) is 0 Å². The van der Waals surface area contributed by atoms with E-state index in [0.717, 1.165) is 5.56 Å². The van der Waals surface area contributed by atoms with Crippen molar-refractivity contribution in [2.75, 3.05) is 0 Å². The molecule has 0 aliphatic rings. The molecule has 2 aromatic carbocycles. The fourth-order valence-electron chi connectivity index (χ4n) is 1.37. The highest BCUT2D eigenvalue weighted by Crippen LogP contribution is 2.44. The third-order valence-electron chi connectivity index (χ3n) is 2.08. The first-order valence-electron chi connectivity index (χ1n) is 4.13. The minimum Gasteiger partial charge on any atom is -0.0616 e. The Labute approximate surface area is 108 Å². The SMILES string of the molecule is BrC(Br)(Br)c1ccc2ccccc2c1. The average molecular weight is 379 g/mol. The molecule has 0 unspecified atom stereocenters. The lowest BCUT2D eigenvalue weighted by Crippen LogP contribution is -1.96. The minimum absolute atomic E-state index is 0.322. The predicted octanol–water partition coefficient (Wildman–Crippen LogP) is 5.13. The quantitative estimate of drug-likeness (QED) is 0.557. The fourth-order valence-corrected chi connectivity index (χ4v) is 2.11. The van der Waals surface area contributed by atoms with E-state index in [2.05, 4.69) is 78.1 Å². The second-order valence-electron chi connectivity index (χ2n) is 3.06. The van der Waals surface area contributed by atoms with E-state index in [-0.39, 0.29) is 2.14 Å². The maximum Gasteiger partial charge on any atom is 0.159 e. The van der Waals surface area contributed by atoms with E-state index in [9.17, 15) is 0 Å². The Kier molecular flexibility index (Phi) is 3.01. The van der Waals surface area contributed by atoms with Crippen LogP contribution in [-0.4, -0.2) is 0 Å². The Morgan fingerprint density at radius 2 is 1.43 bits per heavy atom. The van der Waals surface area contributed by atoms with Gasteiger partial charge in [0.15, 0.2) is 2.14 Å². The number of hydrogen-bond donors (Lipinski definition) is 0. The molecule has 0 atom stereocenters. The molecule has 0 aliphatic heterocycles. The summed E-state index contributed by atoms with van der Waals surface area (Å²) in [4.78, 5) is 0. The van der Waals surface area contributed by atoms with Gasteiger partial charge in [0.05, 0.1) is 0 Å². The van der Waals surface area contributed by atoms with Crippen molar-refractivity contribution < 1.29 is 0 Å². The van der Waals surface area contributed by atoms with E-state index < -0.39 is 0 Å². The molecule has 0 saturated carbocycles. The van der Waals surface area contributed by atoms with Gasteiger partial charge in [-0.3, -0.25) is 0 Å². The van der Waals surface area contributed by atoms with Gasteiger partial charge in [-0.25, -0.2) is 0 Å². The normalized spacial score (nSPS) is 11.9. The minimum atomic E-state index is -0.322. The van der Waals surface area contributed by atoms with Crippen LogP contribution in [0.2, 0.25) is 0 Å². The standard InChI is InChI=1S/C11H7Br3/c12-11(13,14)10-6-5-8-3-1-2-4-9(8)7-10/h1-7H. The smallest absolute Gasteiger partial charge is 0.0616 e. The van der Waals surface area contributed by atoms with Crippen molar-refractivity contribution in [3.8, 4) is 0 Å². The Hall–Kier alpha value is 0.140. The number of hydrogen-bond acceptors (Lipinski definition) is 0. The molecule has 0 amide bonds. The van der Waals surface area contributed by atoms with Gasteiger partial charge < -0.3 is 0 Å². The van der Waals surface area contributed by atoms with Gasteiger partial charge in [0.25, 0.3) is 0 Å². The van der Waals surface area contributed by atoms with Gasteiger partial charge in [-0.05, 0) is 22.4 Å². The number of benzene rings is 2. The Morgan fingerprint density at radius 3 is 2.07 bits per heavy atom. The molecule has 0 heterocycles. The first-order chi connectivity index (χ1) is 6.57. The molecular formula is C11H7Br3. The highest BCUT2D eigenvalue weighted by Gasteiger charge is 2.20. The molecule has 3 heteroatoms. The van der Waals surface area contributed by atoms with Crippen molar-refractivity contribution in [1.82, 2.24) is 0 Å². The Morgan fingerprint density at radius 1 is 0.786 bits per heavy atom. The molecule has 0 fully saturated rings. The lowest BCUT2D eigenvalue weighted by Gasteiger charge is -2.13. The van der Waals surface area contributed by atoms with E-state index in [1.54, 1.807) is 0 Å². The van der Waals surface area contributed by atoms with Gasteiger partial charge in [-0.15, -0.1) is 0 Å². The largest absolute Gasteiger partial charge is 0.159 e. The van der Waals surface area contributed by atoms with Crippen molar-refractivity contribution >= 4 is 58.6 Å². The molecule has 0 nitrogen and oxygen atoms in total. The zero-order valence-electron chi connectivity index (χ0n) is 7.18. The van der Waals surface area contributed by atoms with Crippen LogP contribution in [0.3, 0.4) is 0 Å². The maximum atomic E-state index is 3.51. The van der Waals surface area contributed by atoms with Gasteiger partial charge in [0.1, 0.15) is 0 Å². The summed E-state index contributed by atoms with van der Waals surface area (Å²) in [6.07, 6.45) is 0. The first-order valence-corrected chi connectivity index (χ1v) is 6.51. The first kappa shape index (κ1) is 10.7. The molecule has 2 rings (SSSR count). The summed E-state index contributed by atoms with van der Waals surface area (Å²) in [5.41, 5.74) is 1.15. The van der Waals surface area contributed by atoms with Crippen molar-refractivity contribution in [2.24, 2.45) is 0 Å². The van der Waals surface area contributed by atoms with Gasteiger partial charge in [0, 0.05) is 0 Å². The van der Waals surface area contributed by atoms with Gasteiger partial charge in [-0.2, -0.15) is 0 Å². The van der Waals surface area contributed by atoms with Gasteiger partial charge >= 0.3 is 0 Å². The number of halogens is 3. The van der Waals surface area contributed by atoms with Crippen LogP contribution in [0.5, 0.6) is 0 Å². The summed E-state index contributed by atoms with van der Waals surface area (Å²) in [5.74, 6) is 0. The van der Waals surface area contributed by atoms with Crippen LogP contribution in [0.25, 0.3) is 10.8 Å². The van der Waals surface area contributed by atoms with Crippen LogP contribution in [0, 0.1) is 0 Å². The van der Waals surface area contributed by atoms with E-state index in [1.807, 2.05) is 12.1 Å². The molecule has 0 radical (unpaired) electrons. The highest BCUT2D eigenvalue weighted by atomic mass is 80.0. The molecule has 0 aromatic heterocycles. The third kappa shape index (κ3) is 2.20. The summed E-state index contributed by atoms with van der Waals surface area (Å²) in [6, 6.07) is 14.7. The van der Waals surface area contributed by atoms with E-state index >= 15 is 0 Å². The summed E-state index contributed by atoms with van der Waals surface area (Å²) in [6.45, 7) is 0. The molecular weight excluding hydrogens is 372 g/mol. The van der Waals surface area contributed by atoms with Crippen molar-refractivity contribution in [1.29, 1.82) is 0 Å². The second kappa shape index (κ2) is 3.95. The zero-order valence-corrected chi connectivity index (χ0v) is 11.9. The second-order valence-corrected chi connectivity index (χ2v) is 9.82. The molecule has 72 valence electrons. The van der Waals surface area contributed by atoms with E-state index in [4.69, 9.17) is 0 Å². The third-order valence-corrected chi connectivity index (χ3v) is 3.45. The van der Waals surface area contributed by atoms with Crippen molar-refractivity contribution in [2.45, 2.75) is 2.14 Å². The lowest BCUT2D eigenvalue weighted by atomic mass is 10.1. The van der Waals surface area contributed by atoms with Crippen molar-refractivity contribution in [3.05, 3.63) is 48.0 Å². The van der Waals surface area contributed by atoms with Crippen LogP contribution < -0.4 is 0 Å².